The zero-order chi connectivity index (χ0) is 17.8. The van der Waals surface area contributed by atoms with Crippen molar-refractivity contribution in [1.29, 1.82) is 0 Å². The summed E-state index contributed by atoms with van der Waals surface area (Å²) in [5.74, 6) is 1.63. The van der Waals surface area contributed by atoms with Gasteiger partial charge in [-0.25, -0.2) is 4.98 Å². The molecule has 0 saturated carbocycles. The number of aryl methyl sites for hydroxylation is 1. The Hall–Kier alpha value is -2.34. The van der Waals surface area contributed by atoms with Gasteiger partial charge < -0.3 is 15.1 Å². The number of rotatable bonds is 4. The molecule has 1 aliphatic heterocycles. The lowest BCUT2D eigenvalue weighted by molar-refractivity contribution is -0.129. The molecule has 0 aliphatic carbocycles. The number of amides is 1. The Kier molecular flexibility index (Phi) is 5.38. The maximum atomic E-state index is 11.4. The summed E-state index contributed by atoms with van der Waals surface area (Å²) >= 11 is 5.92. The minimum Gasteiger partial charge on any atom is -0.366 e. The summed E-state index contributed by atoms with van der Waals surface area (Å²) in [6.07, 6.45) is 0. The molecule has 6 nitrogen and oxygen atoms in total. The number of nitrogens with zero attached hydrogens (tertiary/aromatic N) is 4. The maximum absolute atomic E-state index is 11.4. The number of hydrogen-bond acceptors (Lipinski definition) is 5. The molecule has 0 bridgehead atoms. The highest BCUT2D eigenvalue weighted by atomic mass is 35.5. The average molecular weight is 360 g/mol. The molecule has 2 heterocycles. The van der Waals surface area contributed by atoms with Gasteiger partial charge in [0.15, 0.2) is 0 Å². The lowest BCUT2D eigenvalue weighted by atomic mass is 10.2. The smallest absolute Gasteiger partial charge is 0.227 e. The van der Waals surface area contributed by atoms with Crippen molar-refractivity contribution in [2.24, 2.45) is 0 Å². The van der Waals surface area contributed by atoms with Crippen molar-refractivity contribution in [3.8, 4) is 0 Å². The third-order valence-electron chi connectivity index (χ3n) is 4.24. The Morgan fingerprint density at radius 2 is 1.84 bits per heavy atom. The molecule has 1 aliphatic rings. The molecule has 0 spiro atoms. The van der Waals surface area contributed by atoms with Gasteiger partial charge in [0.1, 0.15) is 5.82 Å². The molecule has 25 heavy (non-hydrogen) atoms. The van der Waals surface area contributed by atoms with Gasteiger partial charge in [0.2, 0.25) is 11.9 Å². The summed E-state index contributed by atoms with van der Waals surface area (Å²) in [4.78, 5) is 24.6. The Labute approximate surface area is 152 Å². The Morgan fingerprint density at radius 3 is 2.48 bits per heavy atom. The number of hydrogen-bond donors (Lipinski definition) is 1. The maximum Gasteiger partial charge on any atom is 0.227 e. The van der Waals surface area contributed by atoms with Gasteiger partial charge in [-0.2, -0.15) is 4.98 Å². The third kappa shape index (κ3) is 4.60. The van der Waals surface area contributed by atoms with Gasteiger partial charge in [-0.15, -0.1) is 0 Å². The van der Waals surface area contributed by atoms with E-state index in [1.165, 1.54) is 0 Å². The van der Waals surface area contributed by atoms with Gasteiger partial charge in [0, 0.05) is 56.4 Å². The summed E-state index contributed by atoms with van der Waals surface area (Å²) in [6.45, 7) is 7.16. The molecule has 0 radical (unpaired) electrons. The fraction of sp³-hybridized carbons (Fsp3) is 0.389. The number of piperazine rings is 1. The minimum absolute atomic E-state index is 0.120. The molecule has 1 aromatic carbocycles. The molecular formula is C18H22ClN5O. The quantitative estimate of drug-likeness (QED) is 0.909. The summed E-state index contributed by atoms with van der Waals surface area (Å²) in [5.41, 5.74) is 2.05. The normalized spacial score (nSPS) is 14.5. The fourth-order valence-electron chi connectivity index (χ4n) is 2.80. The molecule has 1 saturated heterocycles. The van der Waals surface area contributed by atoms with Crippen LogP contribution < -0.4 is 10.2 Å². The number of anilines is 2. The molecule has 1 amide bonds. The highest BCUT2D eigenvalue weighted by Gasteiger charge is 2.20. The lowest BCUT2D eigenvalue weighted by Crippen LogP contribution is -2.48. The van der Waals surface area contributed by atoms with Crippen LogP contribution in [0.3, 0.4) is 0 Å². The summed E-state index contributed by atoms with van der Waals surface area (Å²) in [7, 11) is 0. The number of nitrogens with one attached hydrogen (secondary N) is 1. The van der Waals surface area contributed by atoms with Crippen LogP contribution in [0.5, 0.6) is 0 Å². The van der Waals surface area contributed by atoms with Gasteiger partial charge in [0.05, 0.1) is 0 Å². The van der Waals surface area contributed by atoms with Crippen molar-refractivity contribution in [3.63, 3.8) is 0 Å². The monoisotopic (exact) mass is 359 g/mol. The molecular weight excluding hydrogens is 338 g/mol. The zero-order valence-electron chi connectivity index (χ0n) is 14.5. The Bertz CT molecular complexity index is 742. The Balaban J connectivity index is 1.66. The van der Waals surface area contributed by atoms with E-state index in [1.807, 2.05) is 42.2 Å². The highest BCUT2D eigenvalue weighted by Crippen LogP contribution is 2.17. The van der Waals surface area contributed by atoms with E-state index in [2.05, 4.69) is 20.2 Å². The van der Waals surface area contributed by atoms with E-state index in [0.29, 0.717) is 25.6 Å². The largest absolute Gasteiger partial charge is 0.366 e. The van der Waals surface area contributed by atoms with Crippen LogP contribution in [0.2, 0.25) is 5.02 Å². The lowest BCUT2D eigenvalue weighted by Gasteiger charge is -2.34. The first-order valence-electron chi connectivity index (χ1n) is 8.36. The number of carbonyl (C=O) groups is 1. The van der Waals surface area contributed by atoms with Crippen LogP contribution in [0.1, 0.15) is 18.2 Å². The molecule has 7 heteroatoms. The van der Waals surface area contributed by atoms with E-state index in [0.717, 1.165) is 35.2 Å². The van der Waals surface area contributed by atoms with E-state index >= 15 is 0 Å². The number of aromatic nitrogens is 2. The van der Waals surface area contributed by atoms with Crippen molar-refractivity contribution < 1.29 is 4.79 Å². The summed E-state index contributed by atoms with van der Waals surface area (Å²) < 4.78 is 0. The van der Waals surface area contributed by atoms with E-state index in [9.17, 15) is 4.79 Å². The molecule has 0 atom stereocenters. The molecule has 1 fully saturated rings. The summed E-state index contributed by atoms with van der Waals surface area (Å²) in [6, 6.07) is 9.68. The van der Waals surface area contributed by atoms with Crippen molar-refractivity contribution in [1.82, 2.24) is 14.9 Å². The minimum atomic E-state index is 0.120. The molecule has 0 unspecified atom stereocenters. The van der Waals surface area contributed by atoms with E-state index in [4.69, 9.17) is 11.6 Å². The first-order valence-corrected chi connectivity index (χ1v) is 8.73. The standard InChI is InChI=1S/C18H22ClN5O/c1-13-11-17(20-12-15-3-5-16(19)6-4-15)22-18(21-13)24-9-7-23(8-10-24)14(2)25/h3-6,11H,7-10,12H2,1-2H3,(H,20,21,22). The number of halogens is 1. The predicted molar refractivity (Wildman–Crippen MR) is 100 cm³/mol. The number of benzene rings is 1. The predicted octanol–water partition coefficient (Wildman–Crippen LogP) is 2.72. The van der Waals surface area contributed by atoms with Gasteiger partial charge in [0.25, 0.3) is 0 Å². The van der Waals surface area contributed by atoms with Gasteiger partial charge in [-0.05, 0) is 24.6 Å². The van der Waals surface area contributed by atoms with E-state index in [-0.39, 0.29) is 5.91 Å². The Morgan fingerprint density at radius 1 is 1.16 bits per heavy atom. The SMILES string of the molecule is CC(=O)N1CCN(c2nc(C)cc(NCc3ccc(Cl)cc3)n2)CC1. The second-order valence-electron chi connectivity index (χ2n) is 6.17. The van der Waals surface area contributed by atoms with Crippen molar-refractivity contribution >= 4 is 29.3 Å². The van der Waals surface area contributed by atoms with Gasteiger partial charge >= 0.3 is 0 Å². The molecule has 2 aromatic rings. The van der Waals surface area contributed by atoms with Crippen LogP contribution in [0.4, 0.5) is 11.8 Å². The second kappa shape index (κ2) is 7.70. The third-order valence-corrected chi connectivity index (χ3v) is 4.49. The highest BCUT2D eigenvalue weighted by molar-refractivity contribution is 6.30. The molecule has 1 N–H and O–H groups in total. The zero-order valence-corrected chi connectivity index (χ0v) is 15.3. The molecule has 3 rings (SSSR count). The van der Waals surface area contributed by atoms with E-state index < -0.39 is 0 Å². The van der Waals surface area contributed by atoms with Gasteiger partial charge in [-0.1, -0.05) is 23.7 Å². The van der Waals surface area contributed by atoms with Crippen LogP contribution in [-0.2, 0) is 11.3 Å². The van der Waals surface area contributed by atoms with Crippen LogP contribution in [0, 0.1) is 6.92 Å². The van der Waals surface area contributed by atoms with Crippen molar-refractivity contribution in [2.45, 2.75) is 20.4 Å². The van der Waals surface area contributed by atoms with Crippen LogP contribution in [-0.4, -0.2) is 47.0 Å². The number of carbonyl (C=O) groups excluding carboxylic acids is 1. The molecule has 1 aromatic heterocycles. The fourth-order valence-corrected chi connectivity index (χ4v) is 2.93. The topological polar surface area (TPSA) is 61.4 Å². The first-order chi connectivity index (χ1) is 12.0. The van der Waals surface area contributed by atoms with E-state index in [1.54, 1.807) is 6.92 Å². The van der Waals surface area contributed by atoms with Crippen LogP contribution in [0.15, 0.2) is 30.3 Å². The average Bonchev–Trinajstić information content (AvgIpc) is 2.61. The van der Waals surface area contributed by atoms with Crippen LogP contribution in [0.25, 0.3) is 0 Å². The van der Waals surface area contributed by atoms with Gasteiger partial charge in [-0.3, -0.25) is 4.79 Å². The van der Waals surface area contributed by atoms with Crippen molar-refractivity contribution in [2.75, 3.05) is 36.4 Å². The van der Waals surface area contributed by atoms with Crippen molar-refractivity contribution in [3.05, 3.63) is 46.6 Å². The molecule has 132 valence electrons. The first kappa shape index (κ1) is 17.5. The summed E-state index contributed by atoms with van der Waals surface area (Å²) in [5, 5.41) is 4.07. The second-order valence-corrected chi connectivity index (χ2v) is 6.60. The van der Waals surface area contributed by atoms with Crippen LogP contribution >= 0.6 is 11.6 Å².